The zero-order chi connectivity index (χ0) is 25.8. The molecule has 2 saturated heterocycles. The largest absolute Gasteiger partial charge is 0.496 e. The lowest BCUT2D eigenvalue weighted by Gasteiger charge is -2.31. The van der Waals surface area contributed by atoms with Crippen LogP contribution in [0.2, 0.25) is 0 Å². The molecule has 12 heteroatoms. The van der Waals surface area contributed by atoms with E-state index in [2.05, 4.69) is 21.4 Å². The molecule has 2 unspecified atom stereocenters. The van der Waals surface area contributed by atoms with Gasteiger partial charge in [-0.2, -0.15) is 0 Å². The number of carbonyl (C=O) groups excluding carboxylic acids is 2. The van der Waals surface area contributed by atoms with Gasteiger partial charge in [0, 0.05) is 31.0 Å². The molecular formula is C24H29BrN2O7S2. The number of carbonyl (C=O) groups is 2. The molecule has 2 aliphatic heterocycles. The third-order valence-electron chi connectivity index (χ3n) is 6.55. The molecule has 9 nitrogen and oxygen atoms in total. The van der Waals surface area contributed by atoms with Gasteiger partial charge in [-0.05, 0) is 59.5 Å². The Morgan fingerprint density at radius 1 is 1.22 bits per heavy atom. The molecular weight excluding hydrogens is 572 g/mol. The fourth-order valence-corrected chi connectivity index (χ4v) is 8.54. The SMILES string of the molecule is COc1ccccc1C(=O)N1CCC(CC(=O)NOC2CCCCO2)(c2ccc(Br)s2)S(=O)(=O)CC1. The molecule has 1 aromatic heterocycles. The van der Waals surface area contributed by atoms with Crippen LogP contribution in [-0.4, -0.2) is 64.0 Å². The molecule has 0 aliphatic carbocycles. The highest BCUT2D eigenvalue weighted by molar-refractivity contribution is 9.11. The lowest BCUT2D eigenvalue weighted by atomic mass is 9.97. The first-order valence-corrected chi connectivity index (χ1v) is 15.0. The molecule has 3 heterocycles. The zero-order valence-electron chi connectivity index (χ0n) is 19.9. The molecule has 2 fully saturated rings. The van der Waals surface area contributed by atoms with E-state index in [4.69, 9.17) is 14.3 Å². The summed E-state index contributed by atoms with van der Waals surface area (Å²) in [7, 11) is -2.36. The molecule has 0 radical (unpaired) electrons. The standard InChI is InChI=1S/C24H29BrN2O7S2/c1-32-18-7-3-2-6-17(18)23(29)27-12-11-24(36(30,31)15-13-27,19-9-10-20(25)35-19)16-21(28)26-34-22-8-4-5-14-33-22/h2-3,6-7,9-10,22H,4-5,8,11-16H2,1H3,(H,26,28). The highest BCUT2D eigenvalue weighted by Gasteiger charge is 2.50. The van der Waals surface area contributed by atoms with Gasteiger partial charge in [0.25, 0.3) is 5.91 Å². The molecule has 2 atom stereocenters. The van der Waals surface area contributed by atoms with Crippen molar-refractivity contribution < 1.29 is 32.3 Å². The normalized spacial score (nSPS) is 24.1. The Kier molecular flexibility index (Phi) is 8.71. The van der Waals surface area contributed by atoms with Crippen molar-refractivity contribution in [1.29, 1.82) is 0 Å². The van der Waals surface area contributed by atoms with Crippen molar-refractivity contribution in [3.05, 3.63) is 50.6 Å². The summed E-state index contributed by atoms with van der Waals surface area (Å²) < 4.78 is 37.6. The number of halogens is 1. The number of nitrogens with one attached hydrogen (secondary N) is 1. The summed E-state index contributed by atoms with van der Waals surface area (Å²) in [6, 6.07) is 10.3. The summed E-state index contributed by atoms with van der Waals surface area (Å²) in [6.45, 7) is 0.727. The lowest BCUT2D eigenvalue weighted by Crippen LogP contribution is -2.43. The van der Waals surface area contributed by atoms with E-state index >= 15 is 0 Å². The second-order valence-electron chi connectivity index (χ2n) is 8.78. The summed E-state index contributed by atoms with van der Waals surface area (Å²) in [5, 5.41) is 0. The Morgan fingerprint density at radius 3 is 2.72 bits per heavy atom. The van der Waals surface area contributed by atoms with Gasteiger partial charge in [0.2, 0.25) is 5.91 Å². The molecule has 2 aromatic rings. The number of thiophene rings is 1. The molecule has 196 valence electrons. The lowest BCUT2D eigenvalue weighted by molar-refractivity contribution is -0.200. The van der Waals surface area contributed by atoms with Crippen LogP contribution in [0.3, 0.4) is 0 Å². The van der Waals surface area contributed by atoms with Crippen LogP contribution in [-0.2, 0) is 29.0 Å². The topological polar surface area (TPSA) is 111 Å². The van der Waals surface area contributed by atoms with Crippen molar-refractivity contribution in [2.75, 3.05) is 32.6 Å². The minimum Gasteiger partial charge on any atom is -0.496 e. The predicted octanol–water partition coefficient (Wildman–Crippen LogP) is 3.64. The summed E-state index contributed by atoms with van der Waals surface area (Å²) in [4.78, 5) is 33.8. The van der Waals surface area contributed by atoms with Crippen LogP contribution in [0.1, 0.15) is 47.3 Å². The van der Waals surface area contributed by atoms with Crippen molar-refractivity contribution in [3.63, 3.8) is 0 Å². The van der Waals surface area contributed by atoms with Crippen molar-refractivity contribution in [2.45, 2.75) is 43.1 Å². The van der Waals surface area contributed by atoms with E-state index in [1.165, 1.54) is 23.3 Å². The van der Waals surface area contributed by atoms with Crippen molar-refractivity contribution in [1.82, 2.24) is 10.4 Å². The van der Waals surface area contributed by atoms with Gasteiger partial charge < -0.3 is 14.4 Å². The zero-order valence-corrected chi connectivity index (χ0v) is 23.1. The minimum absolute atomic E-state index is 0.0154. The number of rotatable bonds is 7. The van der Waals surface area contributed by atoms with E-state index in [0.29, 0.717) is 29.2 Å². The molecule has 1 aromatic carbocycles. The van der Waals surface area contributed by atoms with Gasteiger partial charge in [0.15, 0.2) is 16.1 Å². The number of hydrogen-bond acceptors (Lipinski definition) is 8. The van der Waals surface area contributed by atoms with Gasteiger partial charge >= 0.3 is 0 Å². The molecule has 2 aliphatic rings. The maximum absolute atomic E-state index is 13.8. The summed E-state index contributed by atoms with van der Waals surface area (Å²) in [6.07, 6.45) is 1.71. The summed E-state index contributed by atoms with van der Waals surface area (Å²) in [5.41, 5.74) is 2.76. The molecule has 4 rings (SSSR count). The molecule has 0 saturated carbocycles. The number of sulfone groups is 1. The molecule has 36 heavy (non-hydrogen) atoms. The number of benzene rings is 1. The summed E-state index contributed by atoms with van der Waals surface area (Å²) in [5.74, 6) is -0.720. The van der Waals surface area contributed by atoms with E-state index < -0.39 is 26.8 Å². The van der Waals surface area contributed by atoms with Crippen LogP contribution in [0, 0.1) is 0 Å². The van der Waals surface area contributed by atoms with Gasteiger partial charge in [-0.25, -0.2) is 18.7 Å². The average molecular weight is 602 g/mol. The third kappa shape index (κ3) is 5.77. The van der Waals surface area contributed by atoms with Gasteiger partial charge in [0.05, 0.1) is 28.6 Å². The van der Waals surface area contributed by atoms with Gasteiger partial charge in [0.1, 0.15) is 10.5 Å². The molecule has 0 bridgehead atoms. The number of para-hydroxylation sites is 1. The van der Waals surface area contributed by atoms with E-state index in [-0.39, 0.29) is 37.6 Å². The monoisotopic (exact) mass is 600 g/mol. The smallest absolute Gasteiger partial charge is 0.257 e. The number of hydrogen-bond donors (Lipinski definition) is 1. The van der Waals surface area contributed by atoms with Crippen LogP contribution in [0.25, 0.3) is 0 Å². The first-order valence-electron chi connectivity index (χ1n) is 11.7. The number of hydroxylamine groups is 1. The number of nitrogens with zero attached hydrogens (tertiary/aromatic N) is 1. The Bertz CT molecular complexity index is 1200. The Labute approximate surface area is 223 Å². The van der Waals surface area contributed by atoms with E-state index in [0.717, 1.165) is 16.6 Å². The van der Waals surface area contributed by atoms with Crippen LogP contribution in [0.4, 0.5) is 0 Å². The van der Waals surface area contributed by atoms with E-state index in [1.54, 1.807) is 36.4 Å². The average Bonchev–Trinajstić information content (AvgIpc) is 3.27. The molecule has 1 N–H and O–H groups in total. The number of amides is 2. The van der Waals surface area contributed by atoms with Crippen LogP contribution in [0.15, 0.2) is 40.2 Å². The van der Waals surface area contributed by atoms with Crippen LogP contribution < -0.4 is 10.2 Å². The maximum Gasteiger partial charge on any atom is 0.257 e. The third-order valence-corrected chi connectivity index (χ3v) is 11.0. The highest BCUT2D eigenvalue weighted by Crippen LogP contribution is 2.44. The molecule has 0 spiro atoms. The van der Waals surface area contributed by atoms with Gasteiger partial charge in [-0.15, -0.1) is 11.3 Å². The Hall–Kier alpha value is -1.99. The van der Waals surface area contributed by atoms with Crippen LogP contribution >= 0.6 is 27.3 Å². The maximum atomic E-state index is 13.8. The Balaban J connectivity index is 1.58. The number of ether oxygens (including phenoxy) is 2. The fourth-order valence-electron chi connectivity index (χ4n) is 4.56. The fraction of sp³-hybridized carbons (Fsp3) is 0.500. The predicted molar refractivity (Wildman–Crippen MR) is 138 cm³/mol. The highest BCUT2D eigenvalue weighted by atomic mass is 79.9. The second-order valence-corrected chi connectivity index (χ2v) is 13.7. The quantitative estimate of drug-likeness (QED) is 0.483. The first-order chi connectivity index (χ1) is 17.3. The van der Waals surface area contributed by atoms with Crippen molar-refractivity contribution in [3.8, 4) is 5.75 Å². The number of methoxy groups -OCH3 is 1. The Morgan fingerprint density at radius 2 is 2.03 bits per heavy atom. The van der Waals surface area contributed by atoms with Crippen molar-refractivity contribution in [2.24, 2.45) is 0 Å². The minimum atomic E-state index is -3.85. The second kappa shape index (κ2) is 11.6. The first kappa shape index (κ1) is 27.1. The van der Waals surface area contributed by atoms with E-state index in [9.17, 15) is 18.0 Å². The van der Waals surface area contributed by atoms with Crippen LogP contribution in [0.5, 0.6) is 5.75 Å². The molecule has 2 amide bonds. The van der Waals surface area contributed by atoms with E-state index in [1.807, 2.05) is 0 Å². The van der Waals surface area contributed by atoms with Gasteiger partial charge in [-0.3, -0.25) is 9.59 Å². The summed E-state index contributed by atoms with van der Waals surface area (Å²) >= 11 is 4.69. The van der Waals surface area contributed by atoms with Gasteiger partial charge in [-0.1, -0.05) is 12.1 Å². The van der Waals surface area contributed by atoms with Crippen molar-refractivity contribution >= 4 is 48.9 Å².